The molecule has 0 unspecified atom stereocenters. The monoisotopic (exact) mass is 401 g/mol. The molecule has 1 aliphatic carbocycles. The molecule has 0 amide bonds. The van der Waals surface area contributed by atoms with E-state index in [1.807, 2.05) is 12.1 Å². The predicted octanol–water partition coefficient (Wildman–Crippen LogP) is 2.34. The van der Waals surface area contributed by atoms with Crippen molar-refractivity contribution in [3.8, 4) is 22.6 Å². The first kappa shape index (κ1) is 18.2. The fourth-order valence-electron chi connectivity index (χ4n) is 3.80. The van der Waals surface area contributed by atoms with E-state index in [0.29, 0.717) is 17.3 Å². The average Bonchev–Trinajstić information content (AvgIpc) is 3.21. The van der Waals surface area contributed by atoms with Gasteiger partial charge in [-0.25, -0.2) is 19.7 Å². The predicted molar refractivity (Wildman–Crippen MR) is 109 cm³/mol. The minimum absolute atomic E-state index is 0.255. The van der Waals surface area contributed by atoms with E-state index in [9.17, 15) is 4.79 Å². The van der Waals surface area contributed by atoms with Crippen molar-refractivity contribution in [3.63, 3.8) is 0 Å². The molecule has 1 saturated carbocycles. The molecule has 1 aliphatic rings. The zero-order valence-corrected chi connectivity index (χ0v) is 16.3. The third kappa shape index (κ3) is 2.95. The first-order chi connectivity index (χ1) is 14.5. The van der Waals surface area contributed by atoms with Crippen LogP contribution in [0.2, 0.25) is 0 Å². The van der Waals surface area contributed by atoms with E-state index >= 15 is 0 Å². The van der Waals surface area contributed by atoms with Crippen LogP contribution in [0.15, 0.2) is 58.4 Å². The van der Waals surface area contributed by atoms with Gasteiger partial charge in [0.05, 0.1) is 11.0 Å². The number of hydrogen-bond acceptors (Lipinski definition) is 8. The lowest BCUT2D eigenvalue weighted by Crippen LogP contribution is -2.36. The number of nitrogens with two attached hydrogens (primary N) is 1. The molecule has 9 heteroatoms. The number of aromatic nitrogens is 6. The highest BCUT2D eigenvalue weighted by Gasteiger charge is 2.44. The molecule has 0 aliphatic heterocycles. The number of benzene rings is 1. The van der Waals surface area contributed by atoms with Gasteiger partial charge in [0.25, 0.3) is 5.89 Å². The van der Waals surface area contributed by atoms with E-state index in [1.54, 1.807) is 25.6 Å². The first-order valence-electron chi connectivity index (χ1n) is 9.61. The summed E-state index contributed by atoms with van der Waals surface area (Å²) in [6.07, 6.45) is 9.51. The molecule has 3 aromatic heterocycles. The SMILES string of the molecule is Cn1cc(-c2nc(C3(c4ccc(-c5cnc(N)nc5)cc4)CCC3)no2)cnc1=O. The van der Waals surface area contributed by atoms with Crippen molar-refractivity contribution >= 4 is 5.95 Å². The molecule has 1 aromatic carbocycles. The first-order valence-corrected chi connectivity index (χ1v) is 9.61. The lowest BCUT2D eigenvalue weighted by atomic mass is 9.64. The number of aryl methyl sites for hydroxylation is 1. The van der Waals surface area contributed by atoms with Crippen LogP contribution in [0.25, 0.3) is 22.6 Å². The number of rotatable bonds is 4. The Morgan fingerprint density at radius 2 is 1.70 bits per heavy atom. The molecule has 9 nitrogen and oxygen atoms in total. The molecule has 0 saturated heterocycles. The van der Waals surface area contributed by atoms with Crippen molar-refractivity contribution in [2.45, 2.75) is 24.7 Å². The lowest BCUT2D eigenvalue weighted by molar-refractivity contribution is 0.273. The van der Waals surface area contributed by atoms with Gasteiger partial charge in [-0.1, -0.05) is 35.8 Å². The van der Waals surface area contributed by atoms with E-state index in [4.69, 9.17) is 10.3 Å². The summed E-state index contributed by atoms with van der Waals surface area (Å²) in [6.45, 7) is 0. The summed E-state index contributed by atoms with van der Waals surface area (Å²) in [5.74, 6) is 1.27. The summed E-state index contributed by atoms with van der Waals surface area (Å²) in [5.41, 5.74) is 8.64. The van der Waals surface area contributed by atoms with Crippen molar-refractivity contribution in [2.24, 2.45) is 7.05 Å². The highest BCUT2D eigenvalue weighted by molar-refractivity contribution is 5.63. The molecule has 150 valence electrons. The molecule has 2 N–H and O–H groups in total. The second-order valence-electron chi connectivity index (χ2n) is 7.50. The molecule has 3 heterocycles. The molecule has 0 spiro atoms. The van der Waals surface area contributed by atoms with E-state index in [1.165, 1.54) is 10.8 Å². The normalized spacial score (nSPS) is 15.0. The maximum absolute atomic E-state index is 11.5. The van der Waals surface area contributed by atoms with Crippen LogP contribution in [-0.2, 0) is 12.5 Å². The second kappa shape index (κ2) is 6.87. The number of nitrogens with zero attached hydrogens (tertiary/aromatic N) is 6. The van der Waals surface area contributed by atoms with Gasteiger partial charge in [-0.2, -0.15) is 4.98 Å². The minimum Gasteiger partial charge on any atom is -0.368 e. The highest BCUT2D eigenvalue weighted by atomic mass is 16.5. The Bertz CT molecular complexity index is 1260. The average molecular weight is 401 g/mol. The van der Waals surface area contributed by atoms with Gasteiger partial charge in [-0.3, -0.25) is 0 Å². The Hall–Kier alpha value is -3.88. The molecule has 0 atom stereocenters. The van der Waals surface area contributed by atoms with Gasteiger partial charge in [0, 0.05) is 37.4 Å². The van der Waals surface area contributed by atoms with Crippen molar-refractivity contribution in [1.82, 2.24) is 29.7 Å². The van der Waals surface area contributed by atoms with E-state index in [2.05, 4.69) is 37.2 Å². The highest BCUT2D eigenvalue weighted by Crippen LogP contribution is 2.48. The maximum atomic E-state index is 11.5. The van der Waals surface area contributed by atoms with Crippen LogP contribution in [-0.4, -0.2) is 29.7 Å². The van der Waals surface area contributed by atoms with Gasteiger partial charge in [0.2, 0.25) is 5.95 Å². The number of hydrogen-bond donors (Lipinski definition) is 1. The summed E-state index contributed by atoms with van der Waals surface area (Å²) in [7, 11) is 1.64. The number of nitrogen functional groups attached to an aromatic ring is 1. The molecule has 5 rings (SSSR count). The van der Waals surface area contributed by atoms with Gasteiger partial charge in [0.15, 0.2) is 5.82 Å². The quantitative estimate of drug-likeness (QED) is 0.552. The zero-order chi connectivity index (χ0) is 20.7. The Labute approximate surface area is 171 Å². The van der Waals surface area contributed by atoms with Crippen molar-refractivity contribution in [1.29, 1.82) is 0 Å². The molecule has 4 aromatic rings. The van der Waals surface area contributed by atoms with Gasteiger partial charge >= 0.3 is 5.69 Å². The molecular weight excluding hydrogens is 382 g/mol. The van der Waals surface area contributed by atoms with Gasteiger partial charge in [0.1, 0.15) is 0 Å². The smallest absolute Gasteiger partial charge is 0.347 e. The van der Waals surface area contributed by atoms with Gasteiger partial charge < -0.3 is 14.8 Å². The van der Waals surface area contributed by atoms with E-state index < -0.39 is 0 Å². The largest absolute Gasteiger partial charge is 0.368 e. The third-order valence-electron chi connectivity index (χ3n) is 5.70. The minimum atomic E-state index is -0.333. The molecule has 0 radical (unpaired) electrons. The van der Waals surface area contributed by atoms with Crippen LogP contribution in [0, 0.1) is 0 Å². The Kier molecular flexibility index (Phi) is 4.16. The van der Waals surface area contributed by atoms with Crippen LogP contribution in [0.5, 0.6) is 0 Å². The Morgan fingerprint density at radius 3 is 2.33 bits per heavy atom. The lowest BCUT2D eigenvalue weighted by Gasteiger charge is -2.39. The molecule has 1 fully saturated rings. The zero-order valence-electron chi connectivity index (χ0n) is 16.3. The maximum Gasteiger partial charge on any atom is 0.347 e. The summed E-state index contributed by atoms with van der Waals surface area (Å²) < 4.78 is 6.90. The molecular formula is C21H19N7O2. The van der Waals surface area contributed by atoms with Crippen LogP contribution in [0.3, 0.4) is 0 Å². The van der Waals surface area contributed by atoms with Crippen molar-refractivity contribution < 1.29 is 4.52 Å². The summed E-state index contributed by atoms with van der Waals surface area (Å²) in [4.78, 5) is 28.1. The molecule has 0 bridgehead atoms. The van der Waals surface area contributed by atoms with E-state index in [-0.39, 0.29) is 17.1 Å². The Morgan fingerprint density at radius 1 is 1.00 bits per heavy atom. The van der Waals surface area contributed by atoms with Gasteiger partial charge in [-0.15, -0.1) is 0 Å². The van der Waals surface area contributed by atoms with Crippen LogP contribution in [0.4, 0.5) is 5.95 Å². The molecule has 30 heavy (non-hydrogen) atoms. The van der Waals surface area contributed by atoms with Crippen LogP contribution in [0.1, 0.15) is 30.7 Å². The van der Waals surface area contributed by atoms with Crippen LogP contribution >= 0.6 is 0 Å². The topological polar surface area (TPSA) is 126 Å². The number of anilines is 1. The van der Waals surface area contributed by atoms with E-state index in [0.717, 1.165) is 36.0 Å². The van der Waals surface area contributed by atoms with Crippen LogP contribution < -0.4 is 11.4 Å². The third-order valence-corrected chi connectivity index (χ3v) is 5.70. The summed E-state index contributed by atoms with van der Waals surface area (Å²) in [6, 6.07) is 8.27. The standard InChI is InChI=1S/C21H19N7O2/c1-28-12-15(11-25-20(28)29)17-26-18(27-30-17)21(7-2-8-21)16-5-3-13(4-6-16)14-9-23-19(22)24-10-14/h3-6,9-12H,2,7-8H2,1H3,(H2,22,23,24). The fraction of sp³-hybridized carbons (Fsp3) is 0.238. The summed E-state index contributed by atoms with van der Waals surface area (Å²) >= 11 is 0. The van der Waals surface area contributed by atoms with Crippen molar-refractivity contribution in [2.75, 3.05) is 5.73 Å². The Balaban J connectivity index is 1.47. The second-order valence-corrected chi connectivity index (χ2v) is 7.50. The fourth-order valence-corrected chi connectivity index (χ4v) is 3.80. The summed E-state index contributed by atoms with van der Waals surface area (Å²) in [5, 5.41) is 4.27. The van der Waals surface area contributed by atoms with Crippen molar-refractivity contribution in [3.05, 3.63) is 70.9 Å². The van der Waals surface area contributed by atoms with Gasteiger partial charge in [-0.05, 0) is 24.0 Å².